The third-order valence-electron chi connectivity index (χ3n) is 3.32. The Kier molecular flexibility index (Phi) is 6.86. The Balaban J connectivity index is 2.37. The van der Waals surface area contributed by atoms with Gasteiger partial charge in [-0.25, -0.2) is 0 Å². The van der Waals surface area contributed by atoms with Crippen molar-refractivity contribution in [3.05, 3.63) is 0 Å². The molecule has 1 unspecified atom stereocenters. The van der Waals surface area contributed by atoms with E-state index in [0.717, 1.165) is 11.4 Å². The lowest BCUT2D eigenvalue weighted by Gasteiger charge is -2.30. The standard InChI is InChI=1S/C12H25BrN2/c1-3-12-11-14(2)8-6-10-15(12)9-5-4-7-13/h12H,3-11H2,1-2H3. The molecule has 2 nitrogen and oxygen atoms in total. The Morgan fingerprint density at radius 1 is 1.27 bits per heavy atom. The molecule has 1 aliphatic heterocycles. The maximum absolute atomic E-state index is 3.50. The SMILES string of the molecule is CCC1CN(C)CCCN1CCCCBr. The zero-order valence-corrected chi connectivity index (χ0v) is 11.8. The van der Waals surface area contributed by atoms with Gasteiger partial charge in [0.25, 0.3) is 0 Å². The molecule has 15 heavy (non-hydrogen) atoms. The summed E-state index contributed by atoms with van der Waals surface area (Å²) in [4.78, 5) is 5.19. The second kappa shape index (κ2) is 7.64. The first-order chi connectivity index (χ1) is 7.27. The molecule has 0 radical (unpaired) electrons. The summed E-state index contributed by atoms with van der Waals surface area (Å²) in [5.41, 5.74) is 0. The average molecular weight is 277 g/mol. The van der Waals surface area contributed by atoms with E-state index >= 15 is 0 Å². The summed E-state index contributed by atoms with van der Waals surface area (Å²) in [6.45, 7) is 7.43. The van der Waals surface area contributed by atoms with Gasteiger partial charge in [0.05, 0.1) is 0 Å². The summed E-state index contributed by atoms with van der Waals surface area (Å²) < 4.78 is 0. The number of nitrogens with zero attached hydrogens (tertiary/aromatic N) is 2. The summed E-state index contributed by atoms with van der Waals surface area (Å²) in [6.07, 6.45) is 5.27. The number of hydrogen-bond acceptors (Lipinski definition) is 2. The predicted molar refractivity (Wildman–Crippen MR) is 70.8 cm³/mol. The van der Waals surface area contributed by atoms with Gasteiger partial charge in [0.2, 0.25) is 0 Å². The largest absolute Gasteiger partial charge is 0.305 e. The Labute approximate surface area is 103 Å². The zero-order valence-electron chi connectivity index (χ0n) is 10.2. The van der Waals surface area contributed by atoms with Gasteiger partial charge in [-0.2, -0.15) is 0 Å². The maximum atomic E-state index is 3.50. The van der Waals surface area contributed by atoms with Crippen molar-refractivity contribution in [1.82, 2.24) is 9.80 Å². The van der Waals surface area contributed by atoms with Crippen molar-refractivity contribution in [2.24, 2.45) is 0 Å². The Hall–Kier alpha value is 0.400. The minimum atomic E-state index is 0.785. The third kappa shape index (κ3) is 4.83. The van der Waals surface area contributed by atoms with E-state index in [4.69, 9.17) is 0 Å². The molecule has 0 aliphatic carbocycles. The van der Waals surface area contributed by atoms with Crippen LogP contribution in [0.3, 0.4) is 0 Å². The van der Waals surface area contributed by atoms with Crippen LogP contribution in [0.4, 0.5) is 0 Å². The quantitative estimate of drug-likeness (QED) is 0.563. The van der Waals surface area contributed by atoms with Crippen LogP contribution in [0.25, 0.3) is 0 Å². The first-order valence-electron chi connectivity index (χ1n) is 6.26. The highest BCUT2D eigenvalue weighted by Gasteiger charge is 2.20. The molecule has 1 fully saturated rings. The number of hydrogen-bond donors (Lipinski definition) is 0. The molecule has 1 saturated heterocycles. The van der Waals surface area contributed by atoms with E-state index in [2.05, 4.69) is 39.7 Å². The van der Waals surface area contributed by atoms with Crippen LogP contribution in [-0.2, 0) is 0 Å². The van der Waals surface area contributed by atoms with Gasteiger partial charge in [0.1, 0.15) is 0 Å². The Bertz CT molecular complexity index is 164. The van der Waals surface area contributed by atoms with Crippen LogP contribution in [0.15, 0.2) is 0 Å². The van der Waals surface area contributed by atoms with Crippen LogP contribution in [0.5, 0.6) is 0 Å². The van der Waals surface area contributed by atoms with E-state index in [1.807, 2.05) is 0 Å². The molecule has 0 bridgehead atoms. The normalized spacial score (nSPS) is 25.4. The smallest absolute Gasteiger partial charge is 0.0220 e. The van der Waals surface area contributed by atoms with E-state index in [0.29, 0.717) is 0 Å². The molecule has 0 saturated carbocycles. The predicted octanol–water partition coefficient (Wildman–Crippen LogP) is 2.58. The van der Waals surface area contributed by atoms with E-state index in [1.165, 1.54) is 51.9 Å². The van der Waals surface area contributed by atoms with Crippen LogP contribution in [-0.4, -0.2) is 54.4 Å². The van der Waals surface area contributed by atoms with Crippen LogP contribution in [0.1, 0.15) is 32.6 Å². The van der Waals surface area contributed by atoms with E-state index in [9.17, 15) is 0 Å². The average Bonchev–Trinajstić information content (AvgIpc) is 2.41. The minimum Gasteiger partial charge on any atom is -0.305 e. The minimum absolute atomic E-state index is 0.785. The van der Waals surface area contributed by atoms with Gasteiger partial charge in [0.15, 0.2) is 0 Å². The van der Waals surface area contributed by atoms with Crippen LogP contribution in [0, 0.1) is 0 Å². The maximum Gasteiger partial charge on any atom is 0.0220 e. The topological polar surface area (TPSA) is 6.48 Å². The monoisotopic (exact) mass is 276 g/mol. The summed E-state index contributed by atoms with van der Waals surface area (Å²) >= 11 is 3.50. The first kappa shape index (κ1) is 13.5. The molecule has 1 aliphatic rings. The van der Waals surface area contributed by atoms with Gasteiger partial charge in [-0.3, -0.25) is 4.90 Å². The molecular weight excluding hydrogens is 252 g/mol. The number of unbranched alkanes of at least 4 members (excludes halogenated alkanes) is 1. The molecule has 0 aromatic carbocycles. The molecule has 0 aromatic heterocycles. The molecule has 1 rings (SSSR count). The van der Waals surface area contributed by atoms with Crippen molar-refractivity contribution in [2.75, 3.05) is 38.6 Å². The van der Waals surface area contributed by atoms with Crippen molar-refractivity contribution < 1.29 is 0 Å². The van der Waals surface area contributed by atoms with Gasteiger partial charge >= 0.3 is 0 Å². The molecule has 3 heteroatoms. The summed E-state index contributed by atoms with van der Waals surface area (Å²) in [5.74, 6) is 0. The number of likely N-dealkylation sites (N-methyl/N-ethyl adjacent to an activating group) is 1. The van der Waals surface area contributed by atoms with Crippen LogP contribution < -0.4 is 0 Å². The number of rotatable bonds is 5. The molecule has 90 valence electrons. The number of alkyl halides is 1. The highest BCUT2D eigenvalue weighted by molar-refractivity contribution is 9.09. The fourth-order valence-electron chi connectivity index (χ4n) is 2.38. The molecule has 0 N–H and O–H groups in total. The van der Waals surface area contributed by atoms with Crippen LogP contribution >= 0.6 is 15.9 Å². The summed E-state index contributed by atoms with van der Waals surface area (Å²) in [7, 11) is 2.25. The molecule has 0 spiro atoms. The Morgan fingerprint density at radius 2 is 2.07 bits per heavy atom. The van der Waals surface area contributed by atoms with Crippen molar-refractivity contribution >= 4 is 15.9 Å². The fourth-order valence-corrected chi connectivity index (χ4v) is 2.78. The van der Waals surface area contributed by atoms with Gasteiger partial charge in [-0.05, 0) is 52.4 Å². The van der Waals surface area contributed by atoms with Crippen molar-refractivity contribution in [3.63, 3.8) is 0 Å². The first-order valence-corrected chi connectivity index (χ1v) is 7.38. The number of halogens is 1. The second-order valence-corrected chi connectivity index (χ2v) is 5.40. The van der Waals surface area contributed by atoms with Gasteiger partial charge in [-0.1, -0.05) is 22.9 Å². The summed E-state index contributed by atoms with van der Waals surface area (Å²) in [5, 5.41) is 1.15. The third-order valence-corrected chi connectivity index (χ3v) is 3.88. The van der Waals surface area contributed by atoms with Crippen molar-refractivity contribution in [1.29, 1.82) is 0 Å². The van der Waals surface area contributed by atoms with E-state index < -0.39 is 0 Å². The Morgan fingerprint density at radius 3 is 2.73 bits per heavy atom. The van der Waals surface area contributed by atoms with Crippen molar-refractivity contribution in [3.8, 4) is 0 Å². The highest BCUT2D eigenvalue weighted by Crippen LogP contribution is 2.13. The zero-order chi connectivity index (χ0) is 11.1. The molecule has 1 atom stereocenters. The van der Waals surface area contributed by atoms with Crippen molar-refractivity contribution in [2.45, 2.75) is 38.6 Å². The molecule has 0 amide bonds. The lowest BCUT2D eigenvalue weighted by molar-refractivity contribution is 0.181. The fraction of sp³-hybridized carbons (Fsp3) is 1.00. The van der Waals surface area contributed by atoms with Gasteiger partial charge in [-0.15, -0.1) is 0 Å². The van der Waals surface area contributed by atoms with E-state index in [1.54, 1.807) is 0 Å². The van der Waals surface area contributed by atoms with Crippen LogP contribution in [0.2, 0.25) is 0 Å². The van der Waals surface area contributed by atoms with E-state index in [-0.39, 0.29) is 0 Å². The lowest BCUT2D eigenvalue weighted by atomic mass is 10.1. The molecular formula is C12H25BrN2. The molecule has 0 aromatic rings. The van der Waals surface area contributed by atoms with Gasteiger partial charge in [0, 0.05) is 17.9 Å². The molecule has 1 heterocycles. The van der Waals surface area contributed by atoms with Gasteiger partial charge < -0.3 is 4.90 Å². The summed E-state index contributed by atoms with van der Waals surface area (Å²) in [6, 6.07) is 0.785. The second-order valence-electron chi connectivity index (χ2n) is 4.61. The lowest BCUT2D eigenvalue weighted by Crippen LogP contribution is -2.40. The highest BCUT2D eigenvalue weighted by atomic mass is 79.9.